The van der Waals surface area contributed by atoms with E-state index >= 15 is 0 Å². The Balaban J connectivity index is 2.68. The number of Topliss-reactive ketones (excluding diaryl/α,β-unsaturated/α-hetero) is 2. The Morgan fingerprint density at radius 3 is 2.25 bits per heavy atom. The van der Waals surface area contributed by atoms with Crippen molar-refractivity contribution < 1.29 is 29.7 Å². The van der Waals surface area contributed by atoms with Crippen LogP contribution in [0, 0.1) is 0 Å². The summed E-state index contributed by atoms with van der Waals surface area (Å²) in [6.07, 6.45) is -0.431. The van der Waals surface area contributed by atoms with Crippen molar-refractivity contribution in [2.75, 3.05) is 0 Å². The minimum absolute atomic E-state index is 0.239. The van der Waals surface area contributed by atoms with Crippen LogP contribution < -0.4 is 0 Å². The van der Waals surface area contributed by atoms with Crippen molar-refractivity contribution in [1.29, 1.82) is 0 Å². The number of rotatable bonds is 0. The molecule has 0 aromatic heterocycles. The van der Waals surface area contributed by atoms with Gasteiger partial charge in [0.25, 0.3) is 0 Å². The molecule has 16 heavy (non-hydrogen) atoms. The van der Waals surface area contributed by atoms with Gasteiger partial charge in [-0.05, 0) is 6.08 Å². The third-order valence-electron chi connectivity index (χ3n) is 2.35. The van der Waals surface area contributed by atoms with Crippen molar-refractivity contribution in [1.82, 2.24) is 0 Å². The number of carbonyl (C=O) groups is 3. The Bertz CT molecular complexity index is 519. The van der Waals surface area contributed by atoms with Crippen molar-refractivity contribution in [2.24, 2.45) is 0 Å². The highest BCUT2D eigenvalue weighted by Gasteiger charge is 2.38. The normalized spacial score (nSPS) is 25.3. The van der Waals surface area contributed by atoms with Gasteiger partial charge in [-0.25, -0.2) is 0 Å². The van der Waals surface area contributed by atoms with Crippen LogP contribution in [0.4, 0.5) is 0 Å². The molecule has 0 aromatic rings. The maximum atomic E-state index is 11.5. The zero-order valence-electron chi connectivity index (χ0n) is 7.80. The number of hydrogen-bond donors (Lipinski definition) is 3. The van der Waals surface area contributed by atoms with Crippen molar-refractivity contribution in [2.45, 2.75) is 6.10 Å². The summed E-state index contributed by atoms with van der Waals surface area (Å²) in [6.45, 7) is 0. The summed E-state index contributed by atoms with van der Waals surface area (Å²) in [5, 5.41) is 27.8. The van der Waals surface area contributed by atoms with Gasteiger partial charge in [0.2, 0.25) is 11.6 Å². The lowest BCUT2D eigenvalue weighted by molar-refractivity contribution is -0.135. The molecule has 2 aliphatic carbocycles. The van der Waals surface area contributed by atoms with E-state index in [1.165, 1.54) is 0 Å². The third kappa shape index (κ3) is 1.20. The molecule has 0 radical (unpaired) electrons. The summed E-state index contributed by atoms with van der Waals surface area (Å²) in [5.74, 6) is -4.58. The predicted octanol–water partition coefficient (Wildman–Crippen LogP) is -0.738. The second-order valence-electron chi connectivity index (χ2n) is 3.35. The zero-order valence-corrected chi connectivity index (χ0v) is 7.80. The van der Waals surface area contributed by atoms with Crippen LogP contribution in [0.5, 0.6) is 0 Å². The van der Waals surface area contributed by atoms with E-state index in [-0.39, 0.29) is 11.1 Å². The van der Waals surface area contributed by atoms with Crippen molar-refractivity contribution >= 4 is 17.3 Å². The number of fused-ring (bicyclic) bond motifs is 1. The molecule has 0 heterocycles. The monoisotopic (exact) mass is 222 g/mol. The zero-order chi connectivity index (χ0) is 12.0. The maximum Gasteiger partial charge on any atom is 0.233 e. The molecule has 0 amide bonds. The second-order valence-corrected chi connectivity index (χ2v) is 3.35. The predicted molar refractivity (Wildman–Crippen MR) is 49.5 cm³/mol. The van der Waals surface area contributed by atoms with E-state index in [9.17, 15) is 29.7 Å². The van der Waals surface area contributed by atoms with Crippen LogP contribution in [0.15, 0.2) is 34.8 Å². The summed E-state index contributed by atoms with van der Waals surface area (Å²) in [6, 6.07) is 0. The van der Waals surface area contributed by atoms with Crippen LogP contribution in [-0.2, 0) is 14.4 Å². The van der Waals surface area contributed by atoms with Gasteiger partial charge in [0, 0.05) is 17.2 Å². The Hall–Kier alpha value is -2.21. The van der Waals surface area contributed by atoms with E-state index in [0.717, 1.165) is 12.2 Å². The number of allylic oxidation sites excluding steroid dienone is 3. The van der Waals surface area contributed by atoms with Crippen molar-refractivity contribution in [3.8, 4) is 0 Å². The Morgan fingerprint density at radius 1 is 1.00 bits per heavy atom. The first-order valence-corrected chi connectivity index (χ1v) is 4.30. The summed E-state index contributed by atoms with van der Waals surface area (Å²) in [5.41, 5.74) is -0.509. The second kappa shape index (κ2) is 3.14. The number of aliphatic hydroxyl groups is 3. The average molecular weight is 222 g/mol. The summed E-state index contributed by atoms with van der Waals surface area (Å²) < 4.78 is 0. The average Bonchev–Trinajstić information content (AvgIpc) is 2.50. The molecule has 1 atom stereocenters. The summed E-state index contributed by atoms with van der Waals surface area (Å²) in [4.78, 5) is 33.7. The summed E-state index contributed by atoms with van der Waals surface area (Å²) >= 11 is 0. The minimum atomic E-state index is -2.04. The van der Waals surface area contributed by atoms with Crippen molar-refractivity contribution in [3.05, 3.63) is 34.8 Å². The molecular weight excluding hydrogens is 216 g/mol. The smallest absolute Gasteiger partial charge is 0.233 e. The molecule has 0 fully saturated rings. The highest BCUT2D eigenvalue weighted by molar-refractivity contribution is 6.26. The van der Waals surface area contributed by atoms with Crippen molar-refractivity contribution in [3.63, 3.8) is 0 Å². The van der Waals surface area contributed by atoms with Gasteiger partial charge in [0.1, 0.15) is 0 Å². The van der Waals surface area contributed by atoms with E-state index in [1.54, 1.807) is 0 Å². The van der Waals surface area contributed by atoms with Gasteiger partial charge in [-0.15, -0.1) is 0 Å². The molecule has 82 valence electrons. The molecule has 0 spiro atoms. The third-order valence-corrected chi connectivity index (χ3v) is 2.35. The quantitative estimate of drug-likeness (QED) is 0.465. The molecule has 6 nitrogen and oxygen atoms in total. The van der Waals surface area contributed by atoms with E-state index in [4.69, 9.17) is 0 Å². The number of ketones is 3. The van der Waals surface area contributed by atoms with Gasteiger partial charge in [-0.3, -0.25) is 14.4 Å². The highest BCUT2D eigenvalue weighted by Crippen LogP contribution is 2.29. The minimum Gasteiger partial charge on any atom is -0.504 e. The molecule has 2 aliphatic rings. The molecule has 6 heteroatoms. The lowest BCUT2D eigenvalue weighted by Crippen LogP contribution is -2.30. The molecule has 0 aromatic carbocycles. The maximum absolute atomic E-state index is 11.5. The van der Waals surface area contributed by atoms with Crippen LogP contribution in [0.25, 0.3) is 0 Å². The van der Waals surface area contributed by atoms with Crippen LogP contribution in [0.1, 0.15) is 0 Å². The number of aliphatic hydroxyl groups excluding tert-OH is 3. The molecule has 2 rings (SSSR count). The Morgan fingerprint density at radius 2 is 1.62 bits per heavy atom. The largest absolute Gasteiger partial charge is 0.504 e. The van der Waals surface area contributed by atoms with E-state index in [1.807, 2.05) is 0 Å². The fourth-order valence-corrected chi connectivity index (χ4v) is 1.50. The summed E-state index contributed by atoms with van der Waals surface area (Å²) in [7, 11) is 0. The molecule has 0 saturated carbocycles. The molecule has 0 saturated heterocycles. The van der Waals surface area contributed by atoms with Gasteiger partial charge in [0.05, 0.1) is 0 Å². The standard InChI is InChI=1S/C10H6O6/c11-5-2-4-3(7(5)13)1-6(12)9(15)10(16)8(4)14/h1-2,10,12,16H,(H,11,13). The lowest BCUT2D eigenvalue weighted by atomic mass is 10.0. The van der Waals surface area contributed by atoms with Gasteiger partial charge in [0.15, 0.2) is 23.4 Å². The Kier molecular flexibility index (Phi) is 2.02. The van der Waals surface area contributed by atoms with E-state index in [0.29, 0.717) is 0 Å². The van der Waals surface area contributed by atoms with Gasteiger partial charge in [-0.2, -0.15) is 0 Å². The van der Waals surface area contributed by atoms with Gasteiger partial charge in [-0.1, -0.05) is 0 Å². The van der Waals surface area contributed by atoms with Crippen LogP contribution >= 0.6 is 0 Å². The molecule has 3 N–H and O–H groups in total. The molecule has 0 bridgehead atoms. The van der Waals surface area contributed by atoms with E-state index in [2.05, 4.69) is 0 Å². The lowest BCUT2D eigenvalue weighted by Gasteiger charge is -2.04. The number of carbonyl (C=O) groups excluding carboxylic acids is 3. The molecule has 1 unspecified atom stereocenters. The fraction of sp³-hybridized carbons (Fsp3) is 0.100. The highest BCUT2D eigenvalue weighted by atomic mass is 16.3. The SMILES string of the molecule is O=C1C=C2C(=O)C(O)C(=O)C(O)=CC2=C1O. The Labute approximate surface area is 88.8 Å². The fourth-order valence-electron chi connectivity index (χ4n) is 1.50. The molecular formula is C10H6O6. The van der Waals surface area contributed by atoms with Crippen LogP contribution in [-0.4, -0.2) is 38.8 Å². The van der Waals surface area contributed by atoms with Crippen LogP contribution in [0.3, 0.4) is 0 Å². The van der Waals surface area contributed by atoms with Gasteiger partial charge < -0.3 is 15.3 Å². The topological polar surface area (TPSA) is 112 Å². The van der Waals surface area contributed by atoms with Crippen LogP contribution in [0.2, 0.25) is 0 Å². The number of hydrogen-bond acceptors (Lipinski definition) is 6. The van der Waals surface area contributed by atoms with E-state index < -0.39 is 35.0 Å². The first kappa shape index (κ1) is 10.3. The molecule has 0 aliphatic heterocycles. The van der Waals surface area contributed by atoms with Gasteiger partial charge >= 0.3 is 0 Å². The first-order chi connectivity index (χ1) is 7.43. The first-order valence-electron chi connectivity index (χ1n) is 4.30.